The molecule has 0 spiro atoms. The minimum atomic E-state index is -0.612. The Bertz CT molecular complexity index is 722. The summed E-state index contributed by atoms with van der Waals surface area (Å²) >= 11 is 0. The van der Waals surface area contributed by atoms with Crippen LogP contribution in [-0.2, 0) is 6.54 Å². The van der Waals surface area contributed by atoms with Gasteiger partial charge in [0.1, 0.15) is 11.5 Å². The fraction of sp³-hybridized carbons (Fsp3) is 0.471. The molecule has 0 saturated carbocycles. The number of aromatic nitrogens is 2. The molecule has 2 unspecified atom stereocenters. The minimum Gasteiger partial charge on any atom is -0.326 e. The van der Waals surface area contributed by atoms with Crippen LogP contribution in [0.4, 0.5) is 8.78 Å². The first kappa shape index (κ1) is 18.8. The largest absolute Gasteiger partial charge is 0.326 e. The number of nitrogens with two attached hydrogens (primary N) is 1. The van der Waals surface area contributed by atoms with Crippen LogP contribution < -0.4 is 5.73 Å². The fourth-order valence-electron chi connectivity index (χ4n) is 3.24. The van der Waals surface area contributed by atoms with Gasteiger partial charge in [0.15, 0.2) is 5.82 Å². The Morgan fingerprint density at radius 1 is 1.25 bits per heavy atom. The van der Waals surface area contributed by atoms with Gasteiger partial charge in [0, 0.05) is 43.0 Å². The summed E-state index contributed by atoms with van der Waals surface area (Å²) in [6, 6.07) is 3.74. The van der Waals surface area contributed by atoms with Crippen molar-refractivity contribution in [1.82, 2.24) is 14.7 Å². The number of nitrogens with zero attached hydrogens (tertiary/aromatic N) is 3. The molecule has 1 saturated heterocycles. The molecule has 1 aliphatic rings. The number of hydrogen-bond acceptors (Lipinski definition) is 3. The molecular formula is C17H23ClF2N4. The van der Waals surface area contributed by atoms with Crippen molar-refractivity contribution in [3.8, 4) is 5.69 Å². The Kier molecular flexibility index (Phi) is 5.63. The van der Waals surface area contributed by atoms with E-state index in [1.54, 1.807) is 4.68 Å². The zero-order valence-corrected chi connectivity index (χ0v) is 14.9. The van der Waals surface area contributed by atoms with Gasteiger partial charge in [-0.25, -0.2) is 13.5 Å². The first-order chi connectivity index (χ1) is 10.9. The molecule has 24 heavy (non-hydrogen) atoms. The van der Waals surface area contributed by atoms with Gasteiger partial charge in [-0.2, -0.15) is 5.10 Å². The van der Waals surface area contributed by atoms with Crippen molar-refractivity contribution < 1.29 is 8.78 Å². The quantitative estimate of drug-likeness (QED) is 0.919. The summed E-state index contributed by atoms with van der Waals surface area (Å²) in [5.74, 6) is -0.729. The Hall–Kier alpha value is -1.50. The molecule has 1 aliphatic heterocycles. The van der Waals surface area contributed by atoms with Crippen LogP contribution in [-0.4, -0.2) is 33.8 Å². The van der Waals surface area contributed by atoms with Crippen molar-refractivity contribution in [1.29, 1.82) is 0 Å². The van der Waals surface area contributed by atoms with Gasteiger partial charge < -0.3 is 5.73 Å². The smallest absolute Gasteiger partial charge is 0.151 e. The van der Waals surface area contributed by atoms with Crippen molar-refractivity contribution in [2.45, 2.75) is 33.4 Å². The molecule has 2 heterocycles. The second kappa shape index (κ2) is 7.17. The van der Waals surface area contributed by atoms with Crippen LogP contribution in [0, 0.1) is 31.4 Å². The fourth-order valence-corrected chi connectivity index (χ4v) is 3.24. The lowest BCUT2D eigenvalue weighted by Gasteiger charge is -2.15. The van der Waals surface area contributed by atoms with Crippen molar-refractivity contribution in [2.24, 2.45) is 11.7 Å². The van der Waals surface area contributed by atoms with Gasteiger partial charge in [-0.1, -0.05) is 6.92 Å². The number of likely N-dealkylation sites (tertiary alicyclic amines) is 1. The van der Waals surface area contributed by atoms with E-state index in [1.807, 2.05) is 13.8 Å². The SMILES string of the molecule is Cc1nn(-c2ccc(F)cc2F)c(C)c1CN1CC(C)C(N)C1.Cl. The van der Waals surface area contributed by atoms with Crippen molar-refractivity contribution in [2.75, 3.05) is 13.1 Å². The van der Waals surface area contributed by atoms with Crippen LogP contribution in [0.3, 0.4) is 0 Å². The van der Waals surface area contributed by atoms with E-state index in [9.17, 15) is 8.78 Å². The number of halogens is 3. The van der Waals surface area contributed by atoms with Crippen molar-refractivity contribution >= 4 is 12.4 Å². The van der Waals surface area contributed by atoms with Crippen LogP contribution in [0.25, 0.3) is 5.69 Å². The Morgan fingerprint density at radius 2 is 1.96 bits per heavy atom. The third kappa shape index (κ3) is 3.45. The average Bonchev–Trinajstić information content (AvgIpc) is 2.93. The number of aryl methyl sites for hydroxylation is 1. The average molecular weight is 357 g/mol. The summed E-state index contributed by atoms with van der Waals surface area (Å²) in [7, 11) is 0. The van der Waals surface area contributed by atoms with Gasteiger partial charge in [-0.15, -0.1) is 12.4 Å². The number of benzene rings is 1. The minimum absolute atomic E-state index is 0. The number of hydrogen-bond donors (Lipinski definition) is 1. The van der Waals surface area contributed by atoms with E-state index < -0.39 is 11.6 Å². The predicted molar refractivity (Wildman–Crippen MR) is 92.6 cm³/mol. The zero-order chi connectivity index (χ0) is 16.7. The van der Waals surface area contributed by atoms with Crippen LogP contribution >= 0.6 is 12.4 Å². The normalized spacial score (nSPS) is 21.1. The molecule has 1 fully saturated rings. The lowest BCUT2D eigenvalue weighted by atomic mass is 10.1. The van der Waals surface area contributed by atoms with E-state index in [2.05, 4.69) is 16.9 Å². The van der Waals surface area contributed by atoms with Crippen LogP contribution in [0.2, 0.25) is 0 Å². The van der Waals surface area contributed by atoms with E-state index in [4.69, 9.17) is 5.73 Å². The first-order valence-electron chi connectivity index (χ1n) is 7.85. The third-order valence-electron chi connectivity index (χ3n) is 4.71. The molecule has 7 heteroatoms. The van der Waals surface area contributed by atoms with Gasteiger partial charge in [0.25, 0.3) is 0 Å². The standard InChI is InChI=1S/C17H22F2N4.ClH/c1-10-7-22(9-16(10)20)8-14-11(2)21-23(12(14)3)17-5-4-13(18)6-15(17)19;/h4-6,10,16H,7-9,20H2,1-3H3;1H. The molecule has 4 nitrogen and oxygen atoms in total. The highest BCUT2D eigenvalue weighted by atomic mass is 35.5. The molecule has 132 valence electrons. The van der Waals surface area contributed by atoms with Crippen LogP contribution in [0.5, 0.6) is 0 Å². The van der Waals surface area contributed by atoms with Gasteiger partial charge in [-0.05, 0) is 31.9 Å². The highest BCUT2D eigenvalue weighted by molar-refractivity contribution is 5.85. The summed E-state index contributed by atoms with van der Waals surface area (Å²) in [5.41, 5.74) is 9.16. The third-order valence-corrected chi connectivity index (χ3v) is 4.71. The topological polar surface area (TPSA) is 47.1 Å². The summed E-state index contributed by atoms with van der Waals surface area (Å²) in [4.78, 5) is 2.30. The second-order valence-corrected chi connectivity index (χ2v) is 6.49. The van der Waals surface area contributed by atoms with Crippen molar-refractivity contribution in [3.05, 3.63) is 46.8 Å². The highest BCUT2D eigenvalue weighted by Crippen LogP contribution is 2.24. The van der Waals surface area contributed by atoms with Gasteiger partial charge in [-0.3, -0.25) is 4.90 Å². The summed E-state index contributed by atoms with van der Waals surface area (Å²) in [6.45, 7) is 8.55. The van der Waals surface area contributed by atoms with E-state index in [0.29, 0.717) is 5.92 Å². The second-order valence-electron chi connectivity index (χ2n) is 6.49. The predicted octanol–water partition coefficient (Wildman–Crippen LogP) is 2.97. The number of rotatable bonds is 3. The maximum Gasteiger partial charge on any atom is 0.151 e. The van der Waals surface area contributed by atoms with Gasteiger partial charge in [0.05, 0.1) is 5.69 Å². The molecule has 0 aliphatic carbocycles. The maximum atomic E-state index is 14.0. The van der Waals surface area contributed by atoms with Crippen LogP contribution in [0.15, 0.2) is 18.2 Å². The molecule has 2 aromatic rings. The van der Waals surface area contributed by atoms with Crippen molar-refractivity contribution in [3.63, 3.8) is 0 Å². The summed E-state index contributed by atoms with van der Waals surface area (Å²) < 4.78 is 28.7. The highest BCUT2D eigenvalue weighted by Gasteiger charge is 2.28. The Balaban J connectivity index is 0.00000208. The maximum absolute atomic E-state index is 14.0. The zero-order valence-electron chi connectivity index (χ0n) is 14.1. The molecule has 0 bridgehead atoms. The Labute approximate surface area is 147 Å². The monoisotopic (exact) mass is 356 g/mol. The summed E-state index contributed by atoms with van der Waals surface area (Å²) in [5, 5.41) is 4.45. The van der Waals surface area contributed by atoms with E-state index >= 15 is 0 Å². The molecule has 2 N–H and O–H groups in total. The van der Waals surface area contributed by atoms with Crippen LogP contribution in [0.1, 0.15) is 23.9 Å². The summed E-state index contributed by atoms with van der Waals surface area (Å²) in [6.07, 6.45) is 0. The van der Waals surface area contributed by atoms with Gasteiger partial charge in [0.2, 0.25) is 0 Å². The molecule has 3 rings (SSSR count). The molecule has 0 radical (unpaired) electrons. The lowest BCUT2D eigenvalue weighted by molar-refractivity contribution is 0.317. The first-order valence-corrected chi connectivity index (χ1v) is 7.85. The molecular weight excluding hydrogens is 334 g/mol. The van der Waals surface area contributed by atoms with Gasteiger partial charge >= 0.3 is 0 Å². The van der Waals surface area contributed by atoms with E-state index in [-0.39, 0.29) is 24.1 Å². The molecule has 0 amide bonds. The lowest BCUT2D eigenvalue weighted by Crippen LogP contribution is -2.28. The Morgan fingerprint density at radius 3 is 2.54 bits per heavy atom. The van der Waals surface area contributed by atoms with E-state index in [1.165, 1.54) is 12.1 Å². The van der Waals surface area contributed by atoms with E-state index in [0.717, 1.165) is 42.7 Å². The molecule has 2 atom stereocenters. The molecule has 1 aromatic carbocycles. The molecule has 1 aromatic heterocycles.